The van der Waals surface area contributed by atoms with Crippen molar-refractivity contribution in [1.82, 2.24) is 9.21 Å². The van der Waals surface area contributed by atoms with Crippen LogP contribution in [0.3, 0.4) is 0 Å². The molecule has 0 bridgehead atoms. The van der Waals surface area contributed by atoms with Crippen molar-refractivity contribution in [2.75, 3.05) is 31.5 Å². The Kier molecular flexibility index (Phi) is 6.74. The summed E-state index contributed by atoms with van der Waals surface area (Å²) in [5.41, 5.74) is 1.51. The summed E-state index contributed by atoms with van der Waals surface area (Å²) in [6.45, 7) is 2.56. The van der Waals surface area contributed by atoms with Gasteiger partial charge in [0.1, 0.15) is 4.21 Å². The fourth-order valence-electron chi connectivity index (χ4n) is 2.87. The van der Waals surface area contributed by atoms with E-state index in [4.69, 9.17) is 11.6 Å². The molecule has 2 amide bonds. The summed E-state index contributed by atoms with van der Waals surface area (Å²) in [5.74, 6) is -0.320. The average Bonchev–Trinajstić information content (AvgIpc) is 3.14. The maximum absolute atomic E-state index is 12.6. The molecule has 0 unspecified atom stereocenters. The molecule has 1 aromatic carbocycles. The second-order valence-corrected chi connectivity index (χ2v) is 10.3. The van der Waals surface area contributed by atoms with Crippen LogP contribution in [0.4, 0.5) is 5.69 Å². The number of benzene rings is 1. The molecular formula is C19H20ClN3O4S2. The molecule has 0 radical (unpaired) electrons. The maximum Gasteiger partial charge on any atom is 0.252 e. The van der Waals surface area contributed by atoms with Crippen LogP contribution in [-0.4, -0.2) is 55.6 Å². The van der Waals surface area contributed by atoms with E-state index >= 15 is 0 Å². The Morgan fingerprint density at radius 3 is 2.28 bits per heavy atom. The molecule has 0 atom stereocenters. The third-order valence-electron chi connectivity index (χ3n) is 4.34. The predicted molar refractivity (Wildman–Crippen MR) is 114 cm³/mol. The summed E-state index contributed by atoms with van der Waals surface area (Å²) in [6, 6.07) is 10.2. The number of amides is 2. The quantitative estimate of drug-likeness (QED) is 0.705. The van der Waals surface area contributed by atoms with Gasteiger partial charge in [0, 0.05) is 44.9 Å². The number of rotatable bonds is 5. The van der Waals surface area contributed by atoms with Crippen molar-refractivity contribution in [1.29, 1.82) is 0 Å². The second-order valence-electron chi connectivity index (χ2n) is 6.42. The van der Waals surface area contributed by atoms with Crippen LogP contribution < -0.4 is 5.32 Å². The lowest BCUT2D eigenvalue weighted by Crippen LogP contribution is -2.50. The molecule has 1 aromatic heterocycles. The number of hydrogen-bond donors (Lipinski definition) is 1. The number of anilines is 1. The Bertz CT molecular complexity index is 1020. The van der Waals surface area contributed by atoms with Crippen molar-refractivity contribution < 1.29 is 18.0 Å². The van der Waals surface area contributed by atoms with Gasteiger partial charge in [-0.3, -0.25) is 9.59 Å². The Balaban J connectivity index is 1.56. The highest BCUT2D eigenvalue weighted by molar-refractivity contribution is 7.91. The number of piperazine rings is 1. The van der Waals surface area contributed by atoms with Crippen molar-refractivity contribution in [2.45, 2.75) is 11.1 Å². The number of sulfonamides is 1. The monoisotopic (exact) mass is 453 g/mol. The molecule has 1 aliphatic heterocycles. The van der Waals surface area contributed by atoms with Crippen molar-refractivity contribution in [3.8, 4) is 0 Å². The summed E-state index contributed by atoms with van der Waals surface area (Å²) in [7, 11) is -3.58. The van der Waals surface area contributed by atoms with Gasteiger partial charge in [0.15, 0.2) is 0 Å². The van der Waals surface area contributed by atoms with E-state index in [9.17, 15) is 18.0 Å². The number of halogens is 1. The smallest absolute Gasteiger partial charge is 0.252 e. The summed E-state index contributed by atoms with van der Waals surface area (Å²) < 4.78 is 27.2. The van der Waals surface area contributed by atoms with Crippen LogP contribution in [0.15, 0.2) is 46.7 Å². The zero-order valence-electron chi connectivity index (χ0n) is 15.7. The lowest BCUT2D eigenvalue weighted by molar-refractivity contribution is -0.127. The molecule has 2 heterocycles. The summed E-state index contributed by atoms with van der Waals surface area (Å²) in [6.07, 6.45) is 3.16. The molecule has 1 fully saturated rings. The minimum atomic E-state index is -3.58. The molecule has 3 rings (SSSR count). The van der Waals surface area contributed by atoms with Crippen molar-refractivity contribution >= 4 is 56.5 Å². The molecule has 2 aromatic rings. The predicted octanol–water partition coefficient (Wildman–Crippen LogP) is 2.91. The van der Waals surface area contributed by atoms with Gasteiger partial charge in [-0.05, 0) is 35.9 Å². The van der Waals surface area contributed by atoms with E-state index < -0.39 is 10.0 Å². The van der Waals surface area contributed by atoms with Crippen LogP contribution in [-0.2, 0) is 19.6 Å². The van der Waals surface area contributed by atoms with Crippen molar-refractivity contribution in [3.63, 3.8) is 0 Å². The summed E-state index contributed by atoms with van der Waals surface area (Å²) >= 11 is 6.87. The van der Waals surface area contributed by atoms with Crippen LogP contribution in [0.1, 0.15) is 12.5 Å². The number of nitrogens with one attached hydrogen (secondary N) is 1. The molecule has 29 heavy (non-hydrogen) atoms. The van der Waals surface area contributed by atoms with Gasteiger partial charge in [-0.15, -0.1) is 11.3 Å². The Hall–Kier alpha value is -2.20. The van der Waals surface area contributed by atoms with E-state index in [0.29, 0.717) is 23.1 Å². The van der Waals surface area contributed by atoms with Crippen LogP contribution >= 0.6 is 22.9 Å². The SMILES string of the molecule is CC(=O)Nc1ccc(/C=C/C(=O)N2CCN(S(=O)(=O)c3ccc(Cl)s3)CC2)cc1. The molecule has 0 spiro atoms. The largest absolute Gasteiger partial charge is 0.337 e. The van der Waals surface area contributed by atoms with Crippen LogP contribution in [0.25, 0.3) is 6.08 Å². The van der Waals surface area contributed by atoms with Gasteiger partial charge in [-0.25, -0.2) is 8.42 Å². The highest BCUT2D eigenvalue weighted by Crippen LogP contribution is 2.28. The fourth-order valence-corrected chi connectivity index (χ4v) is 5.93. The highest BCUT2D eigenvalue weighted by Gasteiger charge is 2.30. The molecule has 1 N–H and O–H groups in total. The minimum absolute atomic E-state index is 0.146. The van der Waals surface area contributed by atoms with Crippen molar-refractivity contribution in [3.05, 3.63) is 52.4 Å². The standard InChI is InChI=1S/C19H20ClN3O4S2/c1-14(24)21-16-5-2-15(3-6-16)4-8-18(25)22-10-12-23(13-11-22)29(26,27)19-9-7-17(20)28-19/h2-9H,10-13H2,1H3,(H,21,24)/b8-4+. The number of nitrogens with zero attached hydrogens (tertiary/aromatic N) is 2. The molecule has 1 aliphatic rings. The summed E-state index contributed by atoms with van der Waals surface area (Å²) in [5, 5.41) is 2.68. The van der Waals surface area contributed by atoms with E-state index in [-0.39, 0.29) is 29.1 Å². The van der Waals surface area contributed by atoms with E-state index in [1.807, 2.05) is 0 Å². The van der Waals surface area contributed by atoms with E-state index in [0.717, 1.165) is 16.9 Å². The Morgan fingerprint density at radius 2 is 1.72 bits per heavy atom. The van der Waals surface area contributed by atoms with Gasteiger partial charge in [-0.2, -0.15) is 4.31 Å². The first-order valence-electron chi connectivity index (χ1n) is 8.86. The highest BCUT2D eigenvalue weighted by atomic mass is 35.5. The fraction of sp³-hybridized carbons (Fsp3) is 0.263. The van der Waals surface area contributed by atoms with Gasteiger partial charge in [0.25, 0.3) is 10.0 Å². The van der Waals surface area contributed by atoms with E-state index in [2.05, 4.69) is 5.32 Å². The molecule has 7 nitrogen and oxygen atoms in total. The number of carbonyl (C=O) groups excluding carboxylic acids is 2. The first-order valence-corrected chi connectivity index (χ1v) is 11.5. The number of hydrogen-bond acceptors (Lipinski definition) is 5. The molecule has 1 saturated heterocycles. The third kappa shape index (κ3) is 5.45. The van der Waals surface area contributed by atoms with E-state index in [1.54, 1.807) is 41.3 Å². The van der Waals surface area contributed by atoms with Gasteiger partial charge < -0.3 is 10.2 Å². The van der Waals surface area contributed by atoms with Crippen LogP contribution in [0.5, 0.6) is 0 Å². The molecule has 0 saturated carbocycles. The third-order valence-corrected chi connectivity index (χ3v) is 7.94. The zero-order chi connectivity index (χ0) is 21.0. The lowest BCUT2D eigenvalue weighted by Gasteiger charge is -2.33. The maximum atomic E-state index is 12.6. The van der Waals surface area contributed by atoms with Gasteiger partial charge in [-0.1, -0.05) is 23.7 Å². The lowest BCUT2D eigenvalue weighted by atomic mass is 10.2. The van der Waals surface area contributed by atoms with Gasteiger partial charge >= 0.3 is 0 Å². The molecule has 154 valence electrons. The van der Waals surface area contributed by atoms with Gasteiger partial charge in [0.2, 0.25) is 11.8 Å². The van der Waals surface area contributed by atoms with Gasteiger partial charge in [0.05, 0.1) is 4.34 Å². The van der Waals surface area contributed by atoms with Crippen molar-refractivity contribution in [2.24, 2.45) is 0 Å². The minimum Gasteiger partial charge on any atom is -0.337 e. The zero-order valence-corrected chi connectivity index (χ0v) is 18.1. The Morgan fingerprint density at radius 1 is 1.07 bits per heavy atom. The molecule has 10 heteroatoms. The first-order chi connectivity index (χ1) is 13.8. The first kappa shape index (κ1) is 21.5. The van der Waals surface area contributed by atoms with E-state index in [1.165, 1.54) is 23.4 Å². The second kappa shape index (κ2) is 9.08. The normalized spacial score (nSPS) is 15.6. The number of thiophene rings is 1. The average molecular weight is 454 g/mol. The van der Waals surface area contributed by atoms with Crippen LogP contribution in [0.2, 0.25) is 4.34 Å². The molecular weight excluding hydrogens is 434 g/mol. The number of carbonyl (C=O) groups is 2. The Labute approximate surface area is 178 Å². The van der Waals surface area contributed by atoms with Crippen LogP contribution in [0, 0.1) is 0 Å². The summed E-state index contributed by atoms with van der Waals surface area (Å²) in [4.78, 5) is 25.1. The molecule has 0 aliphatic carbocycles. The topological polar surface area (TPSA) is 86.8 Å².